The molecule has 122 valence electrons. The summed E-state index contributed by atoms with van der Waals surface area (Å²) in [6.07, 6.45) is -0.947. The lowest BCUT2D eigenvalue weighted by Crippen LogP contribution is -2.48. The van der Waals surface area contributed by atoms with Gasteiger partial charge in [0, 0.05) is 35.8 Å². The molecule has 0 aliphatic carbocycles. The van der Waals surface area contributed by atoms with E-state index < -0.39 is 12.1 Å². The minimum atomic E-state index is -1.03. The first-order valence-electron chi connectivity index (χ1n) is 7.59. The molecule has 0 saturated carbocycles. The smallest absolute Gasteiger partial charge is 0.334 e. The molecule has 1 aliphatic heterocycles. The summed E-state index contributed by atoms with van der Waals surface area (Å²) < 4.78 is 7.27. The van der Waals surface area contributed by atoms with Crippen molar-refractivity contribution in [3.8, 4) is 0 Å². The van der Waals surface area contributed by atoms with Crippen molar-refractivity contribution < 1.29 is 19.4 Å². The number of aliphatic carboxylic acids is 1. The van der Waals surface area contributed by atoms with Crippen molar-refractivity contribution in [3.05, 3.63) is 35.0 Å². The standard InChI is InChI=1S/C17H20N2O4/c1-10-11(2)18(3)14-5-4-12(8-13(10)14)16(20)19-6-7-23-15(9-19)17(21)22/h4-5,8,15H,6-7,9H2,1-3H3,(H,21,22)/t15-/m0/s1. The number of fused-ring (bicyclic) bond motifs is 1. The van der Waals surface area contributed by atoms with Gasteiger partial charge in [-0.05, 0) is 37.6 Å². The highest BCUT2D eigenvalue weighted by Crippen LogP contribution is 2.25. The molecule has 1 aromatic heterocycles. The van der Waals surface area contributed by atoms with Gasteiger partial charge in [0.05, 0.1) is 13.2 Å². The van der Waals surface area contributed by atoms with Gasteiger partial charge in [0.15, 0.2) is 6.10 Å². The van der Waals surface area contributed by atoms with E-state index in [4.69, 9.17) is 9.84 Å². The first kappa shape index (κ1) is 15.6. The lowest BCUT2D eigenvalue weighted by Gasteiger charge is -2.31. The maximum absolute atomic E-state index is 12.7. The van der Waals surface area contributed by atoms with Crippen molar-refractivity contribution in [2.75, 3.05) is 19.7 Å². The summed E-state index contributed by atoms with van der Waals surface area (Å²) in [7, 11) is 2.01. The zero-order chi connectivity index (χ0) is 16.7. The average molecular weight is 316 g/mol. The fourth-order valence-corrected chi connectivity index (χ4v) is 3.05. The van der Waals surface area contributed by atoms with E-state index in [2.05, 4.69) is 11.5 Å². The van der Waals surface area contributed by atoms with Crippen LogP contribution in [0.5, 0.6) is 0 Å². The predicted octanol–water partition coefficient (Wildman–Crippen LogP) is 1.72. The van der Waals surface area contributed by atoms with Crippen molar-refractivity contribution >= 4 is 22.8 Å². The second-order valence-electron chi connectivity index (χ2n) is 5.95. The maximum atomic E-state index is 12.7. The molecule has 0 unspecified atom stereocenters. The third kappa shape index (κ3) is 2.59. The number of carboxylic acid groups (broad SMARTS) is 1. The summed E-state index contributed by atoms with van der Waals surface area (Å²) in [4.78, 5) is 25.3. The zero-order valence-corrected chi connectivity index (χ0v) is 13.5. The summed E-state index contributed by atoms with van der Waals surface area (Å²) in [5.41, 5.74) is 3.99. The molecule has 6 nitrogen and oxygen atoms in total. The molecule has 6 heteroatoms. The molecule has 1 saturated heterocycles. The normalized spacial score (nSPS) is 18.4. The number of morpholine rings is 1. The number of hydrogen-bond donors (Lipinski definition) is 1. The Hall–Kier alpha value is -2.34. The van der Waals surface area contributed by atoms with Gasteiger partial charge in [0.1, 0.15) is 0 Å². The minimum Gasteiger partial charge on any atom is -0.479 e. The number of benzene rings is 1. The molecule has 1 aliphatic rings. The molecule has 1 atom stereocenters. The molecule has 2 aromatic rings. The summed E-state index contributed by atoms with van der Waals surface area (Å²) in [5, 5.41) is 10.1. The lowest BCUT2D eigenvalue weighted by molar-refractivity contribution is -0.154. The SMILES string of the molecule is Cc1c(C)n(C)c2ccc(C(=O)N3CCO[C@H](C(=O)O)C3)cc12. The average Bonchev–Trinajstić information content (AvgIpc) is 2.78. The van der Waals surface area contributed by atoms with Crippen molar-refractivity contribution in [1.82, 2.24) is 9.47 Å². The number of aromatic nitrogens is 1. The zero-order valence-electron chi connectivity index (χ0n) is 13.5. The number of carboxylic acids is 1. The summed E-state index contributed by atoms with van der Waals surface area (Å²) in [6, 6.07) is 5.64. The Balaban J connectivity index is 1.92. The van der Waals surface area contributed by atoms with Crippen LogP contribution in [0.1, 0.15) is 21.6 Å². The Labute approximate surface area is 134 Å². The van der Waals surface area contributed by atoms with E-state index in [0.717, 1.165) is 16.5 Å². The first-order valence-corrected chi connectivity index (χ1v) is 7.59. The quantitative estimate of drug-likeness (QED) is 0.916. The molecular formula is C17H20N2O4. The van der Waals surface area contributed by atoms with E-state index in [1.54, 1.807) is 11.0 Å². The second-order valence-corrected chi connectivity index (χ2v) is 5.95. The van der Waals surface area contributed by atoms with Crippen molar-refractivity contribution in [2.24, 2.45) is 7.05 Å². The molecule has 2 heterocycles. The molecule has 1 amide bonds. The van der Waals surface area contributed by atoms with E-state index in [1.165, 1.54) is 5.69 Å². The Morgan fingerprint density at radius 2 is 2.04 bits per heavy atom. The van der Waals surface area contributed by atoms with Crippen LogP contribution in [0.15, 0.2) is 18.2 Å². The van der Waals surface area contributed by atoms with Gasteiger partial charge < -0.3 is 19.3 Å². The van der Waals surface area contributed by atoms with Gasteiger partial charge in [-0.25, -0.2) is 4.79 Å². The third-order valence-electron chi connectivity index (χ3n) is 4.68. The molecule has 1 aromatic carbocycles. The topological polar surface area (TPSA) is 71.8 Å². The van der Waals surface area contributed by atoms with Crippen LogP contribution in [0.4, 0.5) is 0 Å². The van der Waals surface area contributed by atoms with E-state index >= 15 is 0 Å². The van der Waals surface area contributed by atoms with E-state index in [9.17, 15) is 9.59 Å². The monoisotopic (exact) mass is 316 g/mol. The summed E-state index contributed by atoms with van der Waals surface area (Å²) in [6.45, 7) is 4.83. The highest BCUT2D eigenvalue weighted by atomic mass is 16.5. The third-order valence-corrected chi connectivity index (χ3v) is 4.68. The molecule has 3 rings (SSSR count). The van der Waals surface area contributed by atoms with E-state index in [1.807, 2.05) is 26.1 Å². The number of ether oxygens (including phenoxy) is 1. The van der Waals surface area contributed by atoms with Gasteiger partial charge in [-0.15, -0.1) is 0 Å². The molecule has 0 radical (unpaired) electrons. The fourth-order valence-electron chi connectivity index (χ4n) is 3.05. The molecule has 1 fully saturated rings. The summed E-state index contributed by atoms with van der Waals surface area (Å²) >= 11 is 0. The molecule has 1 N–H and O–H groups in total. The lowest BCUT2D eigenvalue weighted by atomic mass is 10.1. The van der Waals surface area contributed by atoms with E-state index in [0.29, 0.717) is 12.1 Å². The van der Waals surface area contributed by atoms with Crippen molar-refractivity contribution in [3.63, 3.8) is 0 Å². The van der Waals surface area contributed by atoms with Crippen LogP contribution in [0.25, 0.3) is 10.9 Å². The Kier molecular flexibility index (Phi) is 3.85. The second kappa shape index (κ2) is 5.70. The van der Waals surface area contributed by atoms with Gasteiger partial charge in [0.25, 0.3) is 5.91 Å². The Morgan fingerprint density at radius 3 is 2.74 bits per heavy atom. The van der Waals surface area contributed by atoms with Crippen LogP contribution in [0.3, 0.4) is 0 Å². The summed E-state index contributed by atoms with van der Waals surface area (Å²) in [5.74, 6) is -1.19. The number of hydrogen-bond acceptors (Lipinski definition) is 3. The van der Waals surface area contributed by atoms with Crippen LogP contribution in [0.2, 0.25) is 0 Å². The van der Waals surface area contributed by atoms with Crippen LogP contribution < -0.4 is 0 Å². The number of nitrogens with zero attached hydrogens (tertiary/aromatic N) is 2. The molecular weight excluding hydrogens is 296 g/mol. The minimum absolute atomic E-state index is 0.0823. The Bertz CT molecular complexity index is 793. The van der Waals surface area contributed by atoms with E-state index in [-0.39, 0.29) is 19.1 Å². The van der Waals surface area contributed by atoms with Crippen LogP contribution >= 0.6 is 0 Å². The predicted molar refractivity (Wildman–Crippen MR) is 85.7 cm³/mol. The van der Waals surface area contributed by atoms with Crippen LogP contribution in [-0.2, 0) is 16.6 Å². The number of rotatable bonds is 2. The Morgan fingerprint density at radius 1 is 1.30 bits per heavy atom. The maximum Gasteiger partial charge on any atom is 0.334 e. The molecule has 0 bridgehead atoms. The molecule has 0 spiro atoms. The largest absolute Gasteiger partial charge is 0.479 e. The van der Waals surface area contributed by atoms with Gasteiger partial charge in [0.2, 0.25) is 0 Å². The van der Waals surface area contributed by atoms with Gasteiger partial charge in [-0.2, -0.15) is 0 Å². The van der Waals surface area contributed by atoms with Crippen LogP contribution in [-0.4, -0.2) is 52.3 Å². The number of aryl methyl sites for hydroxylation is 2. The number of amides is 1. The van der Waals surface area contributed by atoms with Gasteiger partial charge in [-0.1, -0.05) is 0 Å². The highest BCUT2D eigenvalue weighted by Gasteiger charge is 2.29. The number of carbonyl (C=O) groups excluding carboxylic acids is 1. The van der Waals surface area contributed by atoms with Crippen molar-refractivity contribution in [1.29, 1.82) is 0 Å². The highest BCUT2D eigenvalue weighted by molar-refractivity contribution is 5.99. The van der Waals surface area contributed by atoms with Crippen molar-refractivity contribution in [2.45, 2.75) is 20.0 Å². The molecule has 23 heavy (non-hydrogen) atoms. The first-order chi connectivity index (χ1) is 10.9. The van der Waals surface area contributed by atoms with Gasteiger partial charge >= 0.3 is 5.97 Å². The fraction of sp³-hybridized carbons (Fsp3) is 0.412. The van der Waals surface area contributed by atoms with Gasteiger partial charge in [-0.3, -0.25) is 4.79 Å². The van der Waals surface area contributed by atoms with Crippen LogP contribution in [0, 0.1) is 13.8 Å². The number of carbonyl (C=O) groups is 2.